The molecular weight excluding hydrogens is 283 g/mol. The van der Waals surface area contributed by atoms with E-state index in [0.717, 1.165) is 11.3 Å². The smallest absolute Gasteiger partial charge is 0.222 e. The van der Waals surface area contributed by atoms with E-state index in [2.05, 4.69) is 10.6 Å². The van der Waals surface area contributed by atoms with E-state index in [-0.39, 0.29) is 18.1 Å². The van der Waals surface area contributed by atoms with Crippen molar-refractivity contribution >= 4 is 11.6 Å². The van der Waals surface area contributed by atoms with Crippen molar-refractivity contribution in [3.05, 3.63) is 59.9 Å². The first-order valence-corrected chi connectivity index (χ1v) is 7.07. The van der Waals surface area contributed by atoms with E-state index in [0.29, 0.717) is 18.8 Å². The number of anilines is 1. The molecule has 0 unspecified atom stereocenters. The maximum Gasteiger partial charge on any atom is 0.222 e. The van der Waals surface area contributed by atoms with Crippen molar-refractivity contribution in [1.29, 1.82) is 0 Å². The number of methoxy groups -OCH3 is 1. The maximum atomic E-state index is 13.4. The Morgan fingerprint density at radius 1 is 1.14 bits per heavy atom. The zero-order chi connectivity index (χ0) is 15.8. The average molecular weight is 302 g/mol. The summed E-state index contributed by atoms with van der Waals surface area (Å²) in [6.45, 7) is 0.779. The molecule has 22 heavy (non-hydrogen) atoms. The molecular formula is C17H19FN2O2. The molecule has 0 aliphatic rings. The van der Waals surface area contributed by atoms with Crippen LogP contribution in [0.15, 0.2) is 48.5 Å². The van der Waals surface area contributed by atoms with Crippen molar-refractivity contribution in [3.63, 3.8) is 0 Å². The number of carbonyl (C=O) groups excluding carboxylic acids is 1. The van der Waals surface area contributed by atoms with Gasteiger partial charge in [-0.25, -0.2) is 4.39 Å². The Hall–Kier alpha value is -2.56. The summed E-state index contributed by atoms with van der Waals surface area (Å²) in [7, 11) is 1.60. The van der Waals surface area contributed by atoms with Crippen molar-refractivity contribution < 1.29 is 13.9 Å². The van der Waals surface area contributed by atoms with Gasteiger partial charge in [0, 0.05) is 25.1 Å². The molecule has 0 saturated heterocycles. The molecule has 1 amide bonds. The lowest BCUT2D eigenvalue weighted by atomic mass is 10.2. The van der Waals surface area contributed by atoms with Crippen molar-refractivity contribution in [2.45, 2.75) is 13.0 Å². The van der Waals surface area contributed by atoms with Crippen LogP contribution in [0.4, 0.5) is 10.1 Å². The average Bonchev–Trinajstić information content (AvgIpc) is 2.55. The third-order valence-electron chi connectivity index (χ3n) is 3.21. The highest BCUT2D eigenvalue weighted by atomic mass is 19.1. The minimum absolute atomic E-state index is 0.102. The minimum atomic E-state index is -0.322. The lowest BCUT2D eigenvalue weighted by Gasteiger charge is -2.10. The van der Waals surface area contributed by atoms with Crippen LogP contribution in [0.25, 0.3) is 0 Å². The van der Waals surface area contributed by atoms with Gasteiger partial charge in [-0.1, -0.05) is 30.3 Å². The molecule has 0 bridgehead atoms. The molecule has 2 aromatic carbocycles. The van der Waals surface area contributed by atoms with Crippen molar-refractivity contribution in [2.24, 2.45) is 0 Å². The second-order valence-electron chi connectivity index (χ2n) is 4.75. The standard InChI is InChI=1S/C17H19FN2O2/c1-22-16-9-5-2-6-13(16)12-20-17(21)10-11-19-15-8-4-3-7-14(15)18/h2-9,19H,10-12H2,1H3,(H,20,21). The van der Waals surface area contributed by atoms with E-state index >= 15 is 0 Å². The summed E-state index contributed by atoms with van der Waals surface area (Å²) >= 11 is 0. The highest BCUT2D eigenvalue weighted by Gasteiger charge is 2.05. The van der Waals surface area contributed by atoms with E-state index < -0.39 is 0 Å². The van der Waals surface area contributed by atoms with Gasteiger partial charge >= 0.3 is 0 Å². The van der Waals surface area contributed by atoms with Crippen LogP contribution in [0, 0.1) is 5.82 Å². The molecule has 5 heteroatoms. The Bertz CT molecular complexity index is 632. The minimum Gasteiger partial charge on any atom is -0.496 e. The van der Waals surface area contributed by atoms with Gasteiger partial charge in [0.2, 0.25) is 5.91 Å². The van der Waals surface area contributed by atoms with Gasteiger partial charge in [-0.2, -0.15) is 0 Å². The molecule has 0 aliphatic carbocycles. The third-order valence-corrected chi connectivity index (χ3v) is 3.21. The van der Waals surface area contributed by atoms with E-state index in [4.69, 9.17) is 4.74 Å². The van der Waals surface area contributed by atoms with Gasteiger partial charge in [0.1, 0.15) is 11.6 Å². The van der Waals surface area contributed by atoms with E-state index in [9.17, 15) is 9.18 Å². The van der Waals surface area contributed by atoms with E-state index in [1.807, 2.05) is 24.3 Å². The topological polar surface area (TPSA) is 50.4 Å². The number of rotatable bonds is 7. The predicted octanol–water partition coefficient (Wildman–Crippen LogP) is 2.95. The number of halogens is 1. The summed E-state index contributed by atoms with van der Waals surface area (Å²) in [5.41, 5.74) is 1.32. The lowest BCUT2D eigenvalue weighted by Crippen LogP contribution is -2.25. The molecule has 0 aromatic heterocycles. The first-order valence-electron chi connectivity index (χ1n) is 7.07. The van der Waals surface area contributed by atoms with Gasteiger partial charge in [0.05, 0.1) is 12.8 Å². The van der Waals surface area contributed by atoms with Gasteiger partial charge in [0.25, 0.3) is 0 Å². The summed E-state index contributed by atoms with van der Waals surface area (Å²) < 4.78 is 18.6. The Labute approximate surface area is 129 Å². The summed E-state index contributed by atoms with van der Waals surface area (Å²) in [5, 5.41) is 5.73. The van der Waals surface area contributed by atoms with Crippen LogP contribution >= 0.6 is 0 Å². The first-order chi connectivity index (χ1) is 10.7. The van der Waals surface area contributed by atoms with Crippen LogP contribution in [0.5, 0.6) is 5.75 Å². The molecule has 0 spiro atoms. The molecule has 0 radical (unpaired) electrons. The molecule has 0 atom stereocenters. The Kier molecular flexibility index (Phi) is 5.77. The zero-order valence-electron chi connectivity index (χ0n) is 12.4. The highest BCUT2D eigenvalue weighted by molar-refractivity contribution is 5.76. The van der Waals surface area contributed by atoms with Crippen LogP contribution in [-0.4, -0.2) is 19.6 Å². The van der Waals surface area contributed by atoms with Gasteiger partial charge in [-0.15, -0.1) is 0 Å². The molecule has 0 aliphatic heterocycles. The largest absolute Gasteiger partial charge is 0.496 e. The number of benzene rings is 2. The number of ether oxygens (including phenoxy) is 1. The summed E-state index contributed by atoms with van der Waals surface area (Å²) in [4.78, 5) is 11.8. The first kappa shape index (κ1) is 15.8. The second kappa shape index (κ2) is 8.02. The van der Waals surface area contributed by atoms with E-state index in [1.54, 1.807) is 25.3 Å². The molecule has 116 valence electrons. The third kappa shape index (κ3) is 4.48. The Morgan fingerprint density at radius 2 is 1.86 bits per heavy atom. The fraction of sp³-hybridized carbons (Fsp3) is 0.235. The quantitative estimate of drug-likeness (QED) is 0.827. The van der Waals surface area contributed by atoms with Crippen LogP contribution in [0.2, 0.25) is 0 Å². The Morgan fingerprint density at radius 3 is 2.64 bits per heavy atom. The van der Waals surface area contributed by atoms with Crippen LogP contribution in [-0.2, 0) is 11.3 Å². The molecule has 0 saturated carbocycles. The molecule has 2 N–H and O–H groups in total. The molecule has 2 rings (SSSR count). The summed E-state index contributed by atoms with van der Waals surface area (Å²) in [6.07, 6.45) is 0.267. The fourth-order valence-electron chi connectivity index (χ4n) is 2.05. The van der Waals surface area contributed by atoms with Crippen LogP contribution in [0.3, 0.4) is 0 Å². The zero-order valence-corrected chi connectivity index (χ0v) is 12.4. The van der Waals surface area contributed by atoms with Gasteiger partial charge in [-0.05, 0) is 18.2 Å². The predicted molar refractivity (Wildman–Crippen MR) is 84.3 cm³/mol. The van der Waals surface area contributed by atoms with Gasteiger partial charge in [0.15, 0.2) is 0 Å². The van der Waals surface area contributed by atoms with Crippen LogP contribution < -0.4 is 15.4 Å². The summed E-state index contributed by atoms with van der Waals surface area (Å²) in [5.74, 6) is 0.318. The fourth-order valence-corrected chi connectivity index (χ4v) is 2.05. The second-order valence-corrected chi connectivity index (χ2v) is 4.75. The lowest BCUT2D eigenvalue weighted by molar-refractivity contribution is -0.121. The number of hydrogen-bond donors (Lipinski definition) is 2. The molecule has 2 aromatic rings. The number of carbonyl (C=O) groups is 1. The van der Waals surface area contributed by atoms with Gasteiger partial charge in [-0.3, -0.25) is 4.79 Å². The normalized spacial score (nSPS) is 10.1. The van der Waals surface area contributed by atoms with Crippen LogP contribution in [0.1, 0.15) is 12.0 Å². The number of hydrogen-bond acceptors (Lipinski definition) is 3. The van der Waals surface area contributed by atoms with Crippen molar-refractivity contribution in [1.82, 2.24) is 5.32 Å². The van der Waals surface area contributed by atoms with Gasteiger partial charge < -0.3 is 15.4 Å². The molecule has 4 nitrogen and oxygen atoms in total. The highest BCUT2D eigenvalue weighted by Crippen LogP contribution is 2.16. The monoisotopic (exact) mass is 302 g/mol. The summed E-state index contributed by atoms with van der Waals surface area (Å²) in [6, 6.07) is 13.9. The molecule has 0 heterocycles. The number of nitrogens with one attached hydrogen (secondary N) is 2. The van der Waals surface area contributed by atoms with Crippen molar-refractivity contribution in [3.8, 4) is 5.75 Å². The molecule has 0 fully saturated rings. The maximum absolute atomic E-state index is 13.4. The van der Waals surface area contributed by atoms with E-state index in [1.165, 1.54) is 6.07 Å². The Balaban J connectivity index is 1.75. The SMILES string of the molecule is COc1ccccc1CNC(=O)CCNc1ccccc1F. The number of para-hydroxylation sites is 2. The number of amides is 1. The van der Waals surface area contributed by atoms with Crippen molar-refractivity contribution in [2.75, 3.05) is 19.0 Å².